The second-order valence-electron chi connectivity index (χ2n) is 13.8. The predicted molar refractivity (Wildman–Crippen MR) is 190 cm³/mol. The Morgan fingerprint density at radius 1 is 1.12 bits per heavy atom. The standard InChI is InChI=1S/C36H49N5O8Si/c1-23-33(50(5,6)28-13-11-27(47-3)12-14-28)31(16-19-40-22-26(17-20-42)38-39-40)49-36(23)29-21-25(37-34(45)24(2)43)10-15-30(29)41(35(36)46)18-8-7-9-32(44)48-4/h10-15,21-24,31,33,42-43H,7-9,16-20H2,1-6H3,(H,37,45)/t23-,24-,31+,33-,36+/m0/s1. The average Bonchev–Trinajstić information content (AvgIpc) is 3.75. The number of amides is 2. The number of anilines is 2. The van der Waals surface area contributed by atoms with Gasteiger partial charge < -0.3 is 34.6 Å². The van der Waals surface area contributed by atoms with Crippen molar-refractivity contribution in [2.45, 2.75) is 88.9 Å². The normalized spacial score (nSPS) is 22.1. The van der Waals surface area contributed by atoms with Crippen LogP contribution in [0.4, 0.5) is 11.4 Å². The molecule has 3 N–H and O–H groups in total. The van der Waals surface area contributed by atoms with E-state index < -0.39 is 25.7 Å². The molecule has 0 unspecified atom stereocenters. The highest BCUT2D eigenvalue weighted by molar-refractivity contribution is 6.91. The van der Waals surface area contributed by atoms with Crippen molar-refractivity contribution in [2.75, 3.05) is 37.6 Å². The minimum absolute atomic E-state index is 0.0193. The van der Waals surface area contributed by atoms with Gasteiger partial charge in [-0.2, -0.15) is 0 Å². The summed E-state index contributed by atoms with van der Waals surface area (Å²) < 4.78 is 19.2. The molecular formula is C36H49N5O8Si. The minimum atomic E-state index is -2.41. The van der Waals surface area contributed by atoms with Gasteiger partial charge in [0.15, 0.2) is 5.60 Å². The second-order valence-corrected chi connectivity index (χ2v) is 18.5. The molecule has 3 aromatic rings. The lowest BCUT2D eigenvalue weighted by molar-refractivity contribution is -0.146. The number of aromatic nitrogens is 3. The lowest BCUT2D eigenvalue weighted by atomic mass is 9.82. The van der Waals surface area contributed by atoms with Gasteiger partial charge in [-0.25, -0.2) is 0 Å². The number of hydrogen-bond donors (Lipinski definition) is 3. The number of carbonyl (C=O) groups is 3. The molecule has 5 atom stereocenters. The van der Waals surface area contributed by atoms with Crippen molar-refractivity contribution in [2.24, 2.45) is 5.92 Å². The molecule has 5 rings (SSSR count). The van der Waals surface area contributed by atoms with E-state index in [9.17, 15) is 24.6 Å². The van der Waals surface area contributed by atoms with E-state index in [-0.39, 0.29) is 42.5 Å². The third-order valence-corrected chi connectivity index (χ3v) is 14.7. The Morgan fingerprint density at radius 2 is 1.86 bits per heavy atom. The number of rotatable bonds is 15. The summed E-state index contributed by atoms with van der Waals surface area (Å²) in [7, 11) is 0.595. The zero-order chi connectivity index (χ0) is 36.2. The lowest BCUT2D eigenvalue weighted by Crippen LogP contribution is -2.52. The van der Waals surface area contributed by atoms with Gasteiger partial charge in [0.25, 0.3) is 11.8 Å². The Hall–Kier alpha value is -4.11. The molecule has 2 aromatic carbocycles. The highest BCUT2D eigenvalue weighted by atomic mass is 28.3. The van der Waals surface area contributed by atoms with E-state index in [1.54, 1.807) is 28.8 Å². The van der Waals surface area contributed by atoms with Crippen LogP contribution in [-0.4, -0.2) is 90.6 Å². The number of fused-ring (bicyclic) bond motifs is 2. The van der Waals surface area contributed by atoms with E-state index in [1.807, 2.05) is 24.4 Å². The van der Waals surface area contributed by atoms with Crippen LogP contribution in [0, 0.1) is 5.92 Å². The third kappa shape index (κ3) is 7.20. The molecule has 3 heterocycles. The maximum absolute atomic E-state index is 14.9. The number of nitrogens with one attached hydrogen (secondary N) is 1. The molecule has 1 saturated heterocycles. The summed E-state index contributed by atoms with van der Waals surface area (Å²) in [6.07, 6.45) is 2.62. The van der Waals surface area contributed by atoms with Gasteiger partial charge in [0.05, 0.1) is 39.8 Å². The molecule has 1 fully saturated rings. The van der Waals surface area contributed by atoms with Gasteiger partial charge in [0, 0.05) is 55.9 Å². The fraction of sp³-hybridized carbons (Fsp3) is 0.528. The number of methoxy groups -OCH3 is 2. The van der Waals surface area contributed by atoms with Crippen molar-refractivity contribution in [3.63, 3.8) is 0 Å². The van der Waals surface area contributed by atoms with Crippen LogP contribution in [0.1, 0.15) is 50.8 Å². The van der Waals surface area contributed by atoms with Gasteiger partial charge in [-0.15, -0.1) is 5.10 Å². The first-order valence-corrected chi connectivity index (χ1v) is 20.3. The maximum atomic E-state index is 14.9. The van der Waals surface area contributed by atoms with Crippen molar-refractivity contribution in [1.29, 1.82) is 0 Å². The zero-order valence-electron chi connectivity index (χ0n) is 29.7. The number of carbonyl (C=O) groups excluding carboxylic acids is 3. The van der Waals surface area contributed by atoms with E-state index in [1.165, 1.54) is 19.2 Å². The van der Waals surface area contributed by atoms with Crippen LogP contribution in [-0.2, 0) is 42.4 Å². The van der Waals surface area contributed by atoms with Crippen LogP contribution in [0.2, 0.25) is 18.6 Å². The van der Waals surface area contributed by atoms with E-state index in [4.69, 9.17) is 14.2 Å². The molecule has 270 valence electrons. The fourth-order valence-electron chi connectivity index (χ4n) is 7.71. The Bertz CT molecular complexity index is 1680. The molecule has 2 aliphatic rings. The first-order valence-electron chi connectivity index (χ1n) is 17.2. The first kappa shape index (κ1) is 37.1. The fourth-order valence-corrected chi connectivity index (χ4v) is 11.8. The van der Waals surface area contributed by atoms with Gasteiger partial charge in [-0.05, 0) is 62.1 Å². The second kappa shape index (κ2) is 15.4. The number of aliphatic hydroxyl groups is 2. The van der Waals surface area contributed by atoms with Crippen LogP contribution in [0.3, 0.4) is 0 Å². The summed E-state index contributed by atoms with van der Waals surface area (Å²) in [4.78, 5) is 41.0. The molecule has 0 bridgehead atoms. The Kier molecular flexibility index (Phi) is 11.5. The number of esters is 1. The summed E-state index contributed by atoms with van der Waals surface area (Å²) in [5.74, 6) is -0.531. The summed E-state index contributed by atoms with van der Waals surface area (Å²) in [6.45, 7) is 8.97. The van der Waals surface area contributed by atoms with Crippen molar-refractivity contribution in [3.8, 4) is 5.75 Å². The van der Waals surface area contributed by atoms with Gasteiger partial charge in [-0.3, -0.25) is 19.1 Å². The molecule has 0 saturated carbocycles. The zero-order valence-corrected chi connectivity index (χ0v) is 30.7. The monoisotopic (exact) mass is 707 g/mol. The number of nitrogens with zero attached hydrogens (tertiary/aromatic N) is 4. The van der Waals surface area contributed by atoms with E-state index in [2.05, 4.69) is 47.8 Å². The molecule has 0 radical (unpaired) electrons. The highest BCUT2D eigenvalue weighted by Gasteiger charge is 2.66. The van der Waals surface area contributed by atoms with Gasteiger partial charge in [0.1, 0.15) is 11.9 Å². The summed E-state index contributed by atoms with van der Waals surface area (Å²) in [5, 5.41) is 31.7. The number of aryl methyl sites for hydroxylation is 1. The number of hydrogen-bond acceptors (Lipinski definition) is 10. The molecule has 2 amide bonds. The molecule has 1 spiro atoms. The van der Waals surface area contributed by atoms with Gasteiger partial charge in [-0.1, -0.05) is 42.6 Å². The van der Waals surface area contributed by atoms with Crippen LogP contribution < -0.4 is 20.1 Å². The molecule has 1 aromatic heterocycles. The lowest BCUT2D eigenvalue weighted by Gasteiger charge is -2.37. The van der Waals surface area contributed by atoms with Crippen molar-refractivity contribution >= 4 is 42.4 Å². The van der Waals surface area contributed by atoms with Gasteiger partial charge in [0.2, 0.25) is 0 Å². The number of ether oxygens (including phenoxy) is 3. The molecule has 14 heteroatoms. The predicted octanol–water partition coefficient (Wildman–Crippen LogP) is 3.14. The Labute approximate surface area is 293 Å². The Morgan fingerprint density at radius 3 is 2.52 bits per heavy atom. The van der Waals surface area contributed by atoms with E-state index in [0.717, 1.165) is 5.75 Å². The SMILES string of the molecule is COC(=O)CCCCN1C(=O)[C@]2(O[C@H](CCn3cc(CCO)nn3)[C@@H]([Si](C)(C)c3ccc(OC)cc3)[C@@H]2C)c2cc(NC(=O)[C@H](C)O)ccc21. The number of benzene rings is 2. The number of unbranched alkanes of at least 4 members (excludes halogenated alkanes) is 1. The van der Waals surface area contributed by atoms with Gasteiger partial charge >= 0.3 is 5.97 Å². The van der Waals surface area contributed by atoms with Crippen molar-refractivity contribution < 1.29 is 38.8 Å². The van der Waals surface area contributed by atoms with Crippen LogP contribution in [0.5, 0.6) is 5.75 Å². The summed E-state index contributed by atoms with van der Waals surface area (Å²) >= 11 is 0. The maximum Gasteiger partial charge on any atom is 0.305 e. The van der Waals surface area contributed by atoms with Crippen LogP contribution >= 0.6 is 0 Å². The smallest absolute Gasteiger partial charge is 0.305 e. The minimum Gasteiger partial charge on any atom is -0.497 e. The van der Waals surface area contributed by atoms with Crippen LogP contribution in [0.25, 0.3) is 0 Å². The molecule has 2 aliphatic heterocycles. The molecule has 0 aliphatic carbocycles. The third-order valence-electron chi connectivity index (χ3n) is 10.3. The number of aliphatic hydroxyl groups excluding tert-OH is 2. The van der Waals surface area contributed by atoms with Crippen molar-refractivity contribution in [3.05, 3.63) is 59.9 Å². The van der Waals surface area contributed by atoms with Crippen molar-refractivity contribution in [1.82, 2.24) is 15.0 Å². The topological polar surface area (TPSA) is 165 Å². The first-order chi connectivity index (χ1) is 23.9. The quantitative estimate of drug-likeness (QED) is 0.121. The summed E-state index contributed by atoms with van der Waals surface area (Å²) in [6, 6.07) is 13.5. The highest BCUT2D eigenvalue weighted by Crippen LogP contribution is 2.60. The molecular weight excluding hydrogens is 659 g/mol. The average molecular weight is 708 g/mol. The van der Waals surface area contributed by atoms with E-state index in [0.29, 0.717) is 61.4 Å². The Balaban J connectivity index is 1.57. The van der Waals surface area contributed by atoms with E-state index >= 15 is 0 Å². The molecule has 50 heavy (non-hydrogen) atoms. The summed E-state index contributed by atoms with van der Waals surface area (Å²) in [5.41, 5.74) is 1.15. The molecule has 13 nitrogen and oxygen atoms in total. The largest absolute Gasteiger partial charge is 0.497 e. The van der Waals surface area contributed by atoms with Crippen LogP contribution in [0.15, 0.2) is 48.7 Å².